The Bertz CT molecular complexity index is 939. The van der Waals surface area contributed by atoms with Gasteiger partial charge in [0.1, 0.15) is 17.1 Å². The lowest BCUT2D eigenvalue weighted by Crippen LogP contribution is -2.26. The van der Waals surface area contributed by atoms with E-state index in [0.717, 1.165) is 0 Å². The van der Waals surface area contributed by atoms with Gasteiger partial charge in [0.15, 0.2) is 18.1 Å². The van der Waals surface area contributed by atoms with Crippen LogP contribution in [0.1, 0.15) is 32.2 Å². The van der Waals surface area contributed by atoms with Crippen molar-refractivity contribution in [3.8, 4) is 11.5 Å². The van der Waals surface area contributed by atoms with E-state index in [0.29, 0.717) is 17.1 Å². The van der Waals surface area contributed by atoms with Crippen molar-refractivity contribution in [2.75, 3.05) is 27.9 Å². The molecule has 0 spiro atoms. The van der Waals surface area contributed by atoms with E-state index < -0.39 is 11.9 Å². The van der Waals surface area contributed by atoms with Crippen LogP contribution >= 0.6 is 11.6 Å². The van der Waals surface area contributed by atoms with Gasteiger partial charge in [-0.25, -0.2) is 4.79 Å². The number of ether oxygens (including phenoxy) is 3. The summed E-state index contributed by atoms with van der Waals surface area (Å²) >= 11 is 6.18. The fourth-order valence-electron chi connectivity index (χ4n) is 2.59. The molecule has 2 rings (SSSR count). The summed E-state index contributed by atoms with van der Waals surface area (Å²) in [6.07, 6.45) is 0. The van der Waals surface area contributed by atoms with Gasteiger partial charge < -0.3 is 29.3 Å². The van der Waals surface area contributed by atoms with Gasteiger partial charge >= 0.3 is 5.97 Å². The molecule has 1 aromatic carbocycles. The van der Waals surface area contributed by atoms with Crippen LogP contribution in [0.2, 0.25) is 5.02 Å². The molecule has 0 fully saturated rings. The molecule has 1 aromatic heterocycles. The van der Waals surface area contributed by atoms with E-state index in [9.17, 15) is 14.4 Å². The molecule has 0 radical (unpaired) electrons. The molecule has 156 valence electrons. The molecule has 0 unspecified atom stereocenters. The Kier molecular flexibility index (Phi) is 7.11. The molecule has 1 heterocycles. The molecule has 29 heavy (non-hydrogen) atoms. The average Bonchev–Trinajstić information content (AvgIpc) is 3.04. The van der Waals surface area contributed by atoms with E-state index in [1.165, 1.54) is 37.3 Å². The van der Waals surface area contributed by atoms with Crippen molar-refractivity contribution in [1.29, 1.82) is 0 Å². The topological polar surface area (TPSA) is 121 Å². The monoisotopic (exact) mass is 424 g/mol. The fourth-order valence-corrected chi connectivity index (χ4v) is 2.85. The maximum Gasteiger partial charge on any atom is 0.341 e. The van der Waals surface area contributed by atoms with Gasteiger partial charge in [-0.05, 0) is 25.1 Å². The van der Waals surface area contributed by atoms with Crippen LogP contribution in [0.3, 0.4) is 0 Å². The number of benzene rings is 1. The number of hydrogen-bond donors (Lipinski definition) is 1. The molecule has 10 heteroatoms. The molecule has 2 amide bonds. The van der Waals surface area contributed by atoms with Gasteiger partial charge in [-0.15, -0.1) is 0 Å². The maximum atomic E-state index is 12.8. The van der Waals surface area contributed by atoms with E-state index in [1.807, 2.05) is 0 Å². The second-order valence-corrected chi connectivity index (χ2v) is 6.49. The van der Waals surface area contributed by atoms with Crippen molar-refractivity contribution < 1.29 is 33.0 Å². The highest BCUT2D eigenvalue weighted by atomic mass is 35.5. The minimum absolute atomic E-state index is 0.0872. The number of aryl methyl sites for hydroxylation is 1. The van der Waals surface area contributed by atoms with Crippen molar-refractivity contribution in [1.82, 2.24) is 4.90 Å². The quantitative estimate of drug-likeness (QED) is 0.644. The zero-order valence-corrected chi connectivity index (χ0v) is 17.2. The number of esters is 1. The number of methoxy groups -OCH3 is 2. The van der Waals surface area contributed by atoms with Crippen LogP contribution in [0.4, 0.5) is 0 Å². The number of nitrogens with two attached hydrogens (primary N) is 1. The van der Waals surface area contributed by atoms with Crippen LogP contribution < -0.4 is 15.2 Å². The van der Waals surface area contributed by atoms with Crippen LogP contribution in [-0.2, 0) is 16.1 Å². The predicted molar refractivity (Wildman–Crippen MR) is 103 cm³/mol. The summed E-state index contributed by atoms with van der Waals surface area (Å²) in [5.74, 6) is -0.474. The lowest BCUT2D eigenvalue weighted by Gasteiger charge is -2.18. The minimum atomic E-state index is -0.678. The zero-order chi connectivity index (χ0) is 21.7. The van der Waals surface area contributed by atoms with Gasteiger partial charge in [0, 0.05) is 12.6 Å². The largest absolute Gasteiger partial charge is 0.493 e. The molecular formula is C19H21ClN2O7. The van der Waals surface area contributed by atoms with E-state index in [1.54, 1.807) is 14.0 Å². The van der Waals surface area contributed by atoms with Crippen molar-refractivity contribution >= 4 is 29.4 Å². The molecule has 9 nitrogen and oxygen atoms in total. The number of carbonyl (C=O) groups excluding carboxylic acids is 3. The average molecular weight is 425 g/mol. The third-order valence-electron chi connectivity index (χ3n) is 3.95. The highest BCUT2D eigenvalue weighted by Crippen LogP contribution is 2.36. The van der Waals surface area contributed by atoms with Gasteiger partial charge in [0.05, 0.1) is 25.8 Å². The van der Waals surface area contributed by atoms with Gasteiger partial charge in [-0.3, -0.25) is 9.59 Å². The summed E-state index contributed by atoms with van der Waals surface area (Å²) in [6.45, 7) is 1.35. The van der Waals surface area contributed by atoms with E-state index in [4.69, 9.17) is 31.2 Å². The molecule has 0 bridgehead atoms. The number of halogens is 1. The van der Waals surface area contributed by atoms with Crippen molar-refractivity contribution in [3.05, 3.63) is 45.9 Å². The third kappa shape index (κ3) is 5.20. The zero-order valence-electron chi connectivity index (χ0n) is 16.4. The number of rotatable bonds is 8. The predicted octanol–water partition coefficient (Wildman–Crippen LogP) is 2.17. The summed E-state index contributed by atoms with van der Waals surface area (Å²) < 4.78 is 20.7. The molecule has 0 aliphatic carbocycles. The lowest BCUT2D eigenvalue weighted by atomic mass is 10.1. The Labute approximate surface area is 172 Å². The molecule has 0 saturated heterocycles. The van der Waals surface area contributed by atoms with Crippen LogP contribution in [0.5, 0.6) is 11.5 Å². The molecule has 0 atom stereocenters. The lowest BCUT2D eigenvalue weighted by molar-refractivity contribution is -0.119. The number of amides is 2. The van der Waals surface area contributed by atoms with E-state index >= 15 is 0 Å². The van der Waals surface area contributed by atoms with E-state index in [2.05, 4.69) is 4.74 Å². The fraction of sp³-hybridized carbons (Fsp3) is 0.316. The molecular weight excluding hydrogens is 404 g/mol. The Morgan fingerprint density at radius 3 is 2.48 bits per heavy atom. The van der Waals surface area contributed by atoms with Gasteiger partial charge in [-0.2, -0.15) is 0 Å². The molecule has 0 saturated carbocycles. The first kappa shape index (κ1) is 22.1. The van der Waals surface area contributed by atoms with Crippen molar-refractivity contribution in [2.24, 2.45) is 5.73 Å². The number of hydrogen-bond acceptors (Lipinski definition) is 7. The summed E-state index contributed by atoms with van der Waals surface area (Å²) in [4.78, 5) is 36.8. The maximum absolute atomic E-state index is 12.8. The molecule has 0 aliphatic rings. The molecule has 0 aliphatic heterocycles. The summed E-state index contributed by atoms with van der Waals surface area (Å²) in [5.41, 5.74) is 5.60. The highest BCUT2D eigenvalue weighted by Gasteiger charge is 2.21. The smallest absolute Gasteiger partial charge is 0.341 e. The van der Waals surface area contributed by atoms with Crippen molar-refractivity contribution in [3.63, 3.8) is 0 Å². The number of nitrogens with zero attached hydrogens (tertiary/aromatic N) is 1. The van der Waals surface area contributed by atoms with Crippen LogP contribution in [0.15, 0.2) is 22.6 Å². The molecule has 2 aromatic rings. The second kappa shape index (κ2) is 9.33. The normalized spacial score (nSPS) is 10.4. The summed E-state index contributed by atoms with van der Waals surface area (Å²) in [7, 11) is 4.22. The third-order valence-corrected chi connectivity index (χ3v) is 4.23. The summed E-state index contributed by atoms with van der Waals surface area (Å²) in [6, 6.07) is 4.36. The van der Waals surface area contributed by atoms with Gasteiger partial charge in [-0.1, -0.05) is 11.6 Å². The first-order chi connectivity index (χ1) is 13.7. The Morgan fingerprint density at radius 2 is 1.90 bits per heavy atom. The number of furan rings is 1. The highest BCUT2D eigenvalue weighted by molar-refractivity contribution is 6.32. The first-order valence-electron chi connectivity index (χ1n) is 8.39. The Hall–Kier alpha value is -3.20. The van der Waals surface area contributed by atoms with Crippen molar-refractivity contribution in [2.45, 2.75) is 13.5 Å². The van der Waals surface area contributed by atoms with Gasteiger partial charge in [0.2, 0.25) is 0 Å². The Balaban J connectivity index is 2.22. The molecule has 2 N–H and O–H groups in total. The van der Waals surface area contributed by atoms with Crippen LogP contribution in [0, 0.1) is 6.92 Å². The number of primary amides is 1. The standard InChI is InChI=1S/C19H21ClN2O7/c1-10-13(19(25)27-4)7-12(29-10)8-22(2)18(24)11-5-14(20)17(15(6-11)26-3)28-9-16(21)23/h5-7H,8-9H2,1-4H3,(H2,21,23). The second-order valence-electron chi connectivity index (χ2n) is 6.08. The number of carbonyl (C=O) groups is 3. The van der Waals surface area contributed by atoms with Crippen LogP contribution in [0.25, 0.3) is 0 Å². The minimum Gasteiger partial charge on any atom is -0.493 e. The first-order valence-corrected chi connectivity index (χ1v) is 8.77. The van der Waals surface area contributed by atoms with Gasteiger partial charge in [0.25, 0.3) is 11.8 Å². The SMILES string of the molecule is COC(=O)c1cc(CN(C)C(=O)c2cc(Cl)c(OCC(N)=O)c(OC)c2)oc1C. The Morgan fingerprint density at radius 1 is 1.21 bits per heavy atom. The van der Waals surface area contributed by atoms with Crippen LogP contribution in [-0.4, -0.2) is 50.6 Å². The van der Waals surface area contributed by atoms with E-state index in [-0.39, 0.29) is 41.1 Å². The summed E-state index contributed by atoms with van der Waals surface area (Å²) in [5, 5.41) is 0.0872.